The molecule has 27 heavy (non-hydrogen) atoms. The molecule has 0 N–H and O–H groups in total. The molecular weight excluding hydrogens is 345 g/mol. The van der Waals surface area contributed by atoms with Gasteiger partial charge in [-0.3, -0.25) is 4.79 Å². The molecular formula is C22H24FNO3. The van der Waals surface area contributed by atoms with Crippen LogP contribution in [0.4, 0.5) is 4.39 Å². The fraction of sp³-hybridized carbons (Fsp3) is 0.318. The fourth-order valence-corrected chi connectivity index (χ4v) is 3.09. The summed E-state index contributed by atoms with van der Waals surface area (Å²) in [6, 6.07) is 14.0. The molecule has 2 aromatic carbocycles. The Labute approximate surface area is 159 Å². The lowest BCUT2D eigenvalue weighted by Gasteiger charge is -2.24. The number of halogens is 1. The van der Waals surface area contributed by atoms with E-state index in [0.29, 0.717) is 18.7 Å². The van der Waals surface area contributed by atoms with Gasteiger partial charge in [-0.05, 0) is 42.7 Å². The van der Waals surface area contributed by atoms with Gasteiger partial charge in [0.25, 0.3) is 0 Å². The van der Waals surface area contributed by atoms with Crippen LogP contribution in [0.15, 0.2) is 54.6 Å². The van der Waals surface area contributed by atoms with Crippen LogP contribution in [-0.4, -0.2) is 37.2 Å². The quantitative estimate of drug-likeness (QED) is 0.691. The van der Waals surface area contributed by atoms with Crippen molar-refractivity contribution in [2.75, 3.05) is 20.3 Å². The Bertz CT molecular complexity index is 782. The Morgan fingerprint density at radius 3 is 2.70 bits per heavy atom. The first-order valence-electron chi connectivity index (χ1n) is 9.12. The Hall–Kier alpha value is -2.66. The van der Waals surface area contributed by atoms with Crippen molar-refractivity contribution in [1.29, 1.82) is 0 Å². The summed E-state index contributed by atoms with van der Waals surface area (Å²) >= 11 is 0. The van der Waals surface area contributed by atoms with E-state index < -0.39 is 0 Å². The van der Waals surface area contributed by atoms with Gasteiger partial charge in [0, 0.05) is 31.3 Å². The third-order valence-electron chi connectivity index (χ3n) is 4.61. The maximum atomic E-state index is 14.1. The molecule has 4 nitrogen and oxygen atoms in total. The molecule has 142 valence electrons. The van der Waals surface area contributed by atoms with E-state index in [1.54, 1.807) is 36.3 Å². The van der Waals surface area contributed by atoms with Crippen molar-refractivity contribution >= 4 is 12.0 Å². The zero-order chi connectivity index (χ0) is 19.1. The summed E-state index contributed by atoms with van der Waals surface area (Å²) in [6.45, 7) is 1.40. The van der Waals surface area contributed by atoms with Crippen LogP contribution in [0.25, 0.3) is 6.08 Å². The van der Waals surface area contributed by atoms with Crippen molar-refractivity contribution in [3.05, 3.63) is 71.6 Å². The predicted molar refractivity (Wildman–Crippen MR) is 103 cm³/mol. The number of methoxy groups -OCH3 is 1. The second kappa shape index (κ2) is 9.33. The monoisotopic (exact) mass is 369 g/mol. The Kier molecular flexibility index (Phi) is 6.60. The highest BCUT2D eigenvalue weighted by molar-refractivity contribution is 5.91. The fourth-order valence-electron chi connectivity index (χ4n) is 3.09. The third kappa shape index (κ3) is 5.41. The highest BCUT2D eigenvalue weighted by atomic mass is 19.1. The number of benzene rings is 2. The van der Waals surface area contributed by atoms with Gasteiger partial charge in [-0.1, -0.05) is 30.3 Å². The molecule has 1 aliphatic rings. The summed E-state index contributed by atoms with van der Waals surface area (Å²) in [6.07, 6.45) is 5.20. The summed E-state index contributed by atoms with van der Waals surface area (Å²) in [4.78, 5) is 14.4. The number of ether oxygens (including phenoxy) is 2. The van der Waals surface area contributed by atoms with E-state index in [1.165, 1.54) is 12.1 Å². The predicted octanol–water partition coefficient (Wildman–Crippen LogP) is 4.06. The van der Waals surface area contributed by atoms with Crippen molar-refractivity contribution in [1.82, 2.24) is 4.90 Å². The summed E-state index contributed by atoms with van der Waals surface area (Å²) in [7, 11) is 1.61. The van der Waals surface area contributed by atoms with Crippen LogP contribution in [0.2, 0.25) is 0 Å². The minimum Gasteiger partial charge on any atom is -0.497 e. The van der Waals surface area contributed by atoms with E-state index in [9.17, 15) is 9.18 Å². The molecule has 0 radical (unpaired) electrons. The molecule has 1 heterocycles. The molecule has 3 rings (SSSR count). The lowest BCUT2D eigenvalue weighted by atomic mass is 10.1. The maximum Gasteiger partial charge on any atom is 0.246 e. The Morgan fingerprint density at radius 2 is 2.04 bits per heavy atom. The van der Waals surface area contributed by atoms with Crippen LogP contribution in [0.3, 0.4) is 0 Å². The summed E-state index contributed by atoms with van der Waals surface area (Å²) in [5.74, 6) is 0.296. The number of rotatable bonds is 7. The zero-order valence-corrected chi connectivity index (χ0v) is 15.4. The van der Waals surface area contributed by atoms with Crippen LogP contribution in [-0.2, 0) is 16.1 Å². The van der Waals surface area contributed by atoms with Gasteiger partial charge in [0.2, 0.25) is 5.91 Å². The molecule has 2 aromatic rings. The summed E-state index contributed by atoms with van der Waals surface area (Å²) in [5, 5.41) is 0. The second-order valence-electron chi connectivity index (χ2n) is 6.55. The number of amides is 1. The van der Waals surface area contributed by atoms with Crippen LogP contribution in [0, 0.1) is 5.82 Å². The number of hydrogen-bond donors (Lipinski definition) is 0. The standard InChI is InChI=1S/C22H24FNO3/c1-26-19-11-8-17(9-12-19)10-13-22(25)24(16-20-6-4-14-27-20)15-18-5-2-3-7-21(18)23/h2-3,5,7-13,20H,4,6,14-16H2,1H3/b13-10+. The molecule has 0 aliphatic carbocycles. The molecule has 0 bridgehead atoms. The topological polar surface area (TPSA) is 38.8 Å². The van der Waals surface area contributed by atoms with E-state index >= 15 is 0 Å². The molecule has 0 saturated carbocycles. The highest BCUT2D eigenvalue weighted by Crippen LogP contribution is 2.17. The minimum absolute atomic E-state index is 0.00936. The van der Waals surface area contributed by atoms with Gasteiger partial charge < -0.3 is 14.4 Å². The molecule has 1 aliphatic heterocycles. The molecule has 1 unspecified atom stereocenters. The molecule has 1 fully saturated rings. The number of carbonyl (C=O) groups is 1. The summed E-state index contributed by atoms with van der Waals surface area (Å²) < 4.78 is 24.9. The van der Waals surface area contributed by atoms with E-state index in [0.717, 1.165) is 24.2 Å². The largest absolute Gasteiger partial charge is 0.497 e. The summed E-state index contributed by atoms with van der Waals surface area (Å²) in [5.41, 5.74) is 1.40. The van der Waals surface area contributed by atoms with Gasteiger partial charge in [-0.25, -0.2) is 4.39 Å². The van der Waals surface area contributed by atoms with Crippen molar-refractivity contribution in [2.45, 2.75) is 25.5 Å². The molecule has 0 aromatic heterocycles. The lowest BCUT2D eigenvalue weighted by Crippen LogP contribution is -2.36. The van der Waals surface area contributed by atoms with Crippen LogP contribution < -0.4 is 4.74 Å². The van der Waals surface area contributed by atoms with Crippen molar-refractivity contribution in [3.63, 3.8) is 0 Å². The molecule has 0 spiro atoms. The van der Waals surface area contributed by atoms with Crippen molar-refractivity contribution in [3.8, 4) is 5.75 Å². The lowest BCUT2D eigenvalue weighted by molar-refractivity contribution is -0.128. The SMILES string of the molecule is COc1ccc(/C=C/C(=O)N(Cc2ccccc2F)CC2CCCO2)cc1. The minimum atomic E-state index is -0.304. The van der Waals surface area contributed by atoms with Gasteiger partial charge >= 0.3 is 0 Å². The van der Waals surface area contributed by atoms with Crippen LogP contribution >= 0.6 is 0 Å². The van der Waals surface area contributed by atoms with Crippen LogP contribution in [0.1, 0.15) is 24.0 Å². The van der Waals surface area contributed by atoms with Gasteiger partial charge in [0.05, 0.1) is 13.2 Å². The highest BCUT2D eigenvalue weighted by Gasteiger charge is 2.22. The zero-order valence-electron chi connectivity index (χ0n) is 15.4. The third-order valence-corrected chi connectivity index (χ3v) is 4.61. The van der Waals surface area contributed by atoms with Gasteiger partial charge in [-0.15, -0.1) is 0 Å². The maximum absolute atomic E-state index is 14.1. The second-order valence-corrected chi connectivity index (χ2v) is 6.55. The first-order valence-corrected chi connectivity index (χ1v) is 9.12. The van der Waals surface area contributed by atoms with E-state index in [4.69, 9.17) is 9.47 Å². The molecule has 1 amide bonds. The van der Waals surface area contributed by atoms with E-state index in [2.05, 4.69) is 0 Å². The Morgan fingerprint density at radius 1 is 1.26 bits per heavy atom. The van der Waals surface area contributed by atoms with Gasteiger partial charge in [-0.2, -0.15) is 0 Å². The number of carbonyl (C=O) groups excluding carboxylic acids is 1. The van der Waals surface area contributed by atoms with Gasteiger partial charge in [0.1, 0.15) is 11.6 Å². The normalized spacial score (nSPS) is 16.6. The number of hydrogen-bond acceptors (Lipinski definition) is 3. The average Bonchev–Trinajstić information content (AvgIpc) is 3.21. The molecule has 1 saturated heterocycles. The smallest absolute Gasteiger partial charge is 0.246 e. The first-order chi connectivity index (χ1) is 13.2. The van der Waals surface area contributed by atoms with Crippen molar-refractivity contribution in [2.24, 2.45) is 0 Å². The molecule has 1 atom stereocenters. The van der Waals surface area contributed by atoms with E-state index in [1.807, 2.05) is 24.3 Å². The Balaban J connectivity index is 1.72. The van der Waals surface area contributed by atoms with Crippen LogP contribution in [0.5, 0.6) is 5.75 Å². The number of nitrogens with zero attached hydrogens (tertiary/aromatic N) is 1. The average molecular weight is 369 g/mol. The van der Waals surface area contributed by atoms with E-state index in [-0.39, 0.29) is 24.4 Å². The van der Waals surface area contributed by atoms with Crippen molar-refractivity contribution < 1.29 is 18.7 Å². The molecule has 5 heteroatoms. The van der Waals surface area contributed by atoms with Gasteiger partial charge in [0.15, 0.2) is 0 Å². The first kappa shape index (κ1) is 19.1.